The summed E-state index contributed by atoms with van der Waals surface area (Å²) in [5, 5.41) is 0.221. The number of furan rings is 1. The van der Waals surface area contributed by atoms with Gasteiger partial charge in [-0.05, 0) is 48.4 Å². The van der Waals surface area contributed by atoms with Crippen molar-refractivity contribution in [3.63, 3.8) is 0 Å². The highest BCUT2D eigenvalue weighted by molar-refractivity contribution is 6.29. The van der Waals surface area contributed by atoms with E-state index in [4.69, 9.17) is 16.0 Å². The first-order valence-electron chi connectivity index (χ1n) is 5.64. The molecule has 2 aromatic heterocycles. The zero-order valence-electron chi connectivity index (χ0n) is 9.97. The maximum atomic E-state index is 12.2. The molecule has 0 aromatic carbocycles. The van der Waals surface area contributed by atoms with Crippen LogP contribution in [0.15, 0.2) is 41.1 Å². The van der Waals surface area contributed by atoms with Gasteiger partial charge in [0, 0.05) is 25.5 Å². The normalized spacial score (nSPS) is 10.3. The van der Waals surface area contributed by atoms with Crippen molar-refractivity contribution in [1.29, 1.82) is 0 Å². The molecule has 0 radical (unpaired) electrons. The van der Waals surface area contributed by atoms with Crippen LogP contribution in [0.4, 0.5) is 0 Å². The van der Waals surface area contributed by atoms with Gasteiger partial charge in [0.25, 0.3) is 5.91 Å². The minimum Gasteiger partial charge on any atom is -0.440 e. The first-order valence-corrected chi connectivity index (χ1v) is 6.02. The van der Waals surface area contributed by atoms with E-state index in [1.807, 2.05) is 19.1 Å². The van der Waals surface area contributed by atoms with E-state index in [1.165, 1.54) is 0 Å². The van der Waals surface area contributed by atoms with E-state index in [9.17, 15) is 4.79 Å². The SMILES string of the molecule is CCN(Cc1ccncc1)C(=O)c1ccc(Cl)o1. The second-order valence-electron chi connectivity index (χ2n) is 3.78. The Labute approximate surface area is 110 Å². The molecule has 0 fully saturated rings. The monoisotopic (exact) mass is 264 g/mol. The molecule has 0 saturated heterocycles. The fourth-order valence-electron chi connectivity index (χ4n) is 1.62. The molecule has 0 aliphatic carbocycles. The summed E-state index contributed by atoms with van der Waals surface area (Å²) in [7, 11) is 0. The Bertz CT molecular complexity index is 525. The maximum Gasteiger partial charge on any atom is 0.289 e. The Balaban J connectivity index is 2.12. The number of carbonyl (C=O) groups excluding carboxylic acids is 1. The molecule has 18 heavy (non-hydrogen) atoms. The van der Waals surface area contributed by atoms with Crippen molar-refractivity contribution in [2.24, 2.45) is 0 Å². The molecule has 0 saturated carbocycles. The molecule has 0 atom stereocenters. The van der Waals surface area contributed by atoms with Crippen molar-refractivity contribution in [2.45, 2.75) is 13.5 Å². The predicted octanol–water partition coefficient (Wildman–Crippen LogP) is 2.99. The molecule has 2 aromatic rings. The third-order valence-corrected chi connectivity index (χ3v) is 2.78. The van der Waals surface area contributed by atoms with Crippen LogP contribution in [0.2, 0.25) is 5.22 Å². The van der Waals surface area contributed by atoms with Gasteiger partial charge in [-0.15, -0.1) is 0 Å². The van der Waals surface area contributed by atoms with Gasteiger partial charge in [0.2, 0.25) is 0 Å². The van der Waals surface area contributed by atoms with Gasteiger partial charge in [0.1, 0.15) is 0 Å². The van der Waals surface area contributed by atoms with E-state index in [0.717, 1.165) is 5.56 Å². The fraction of sp³-hybridized carbons (Fsp3) is 0.231. The van der Waals surface area contributed by atoms with E-state index in [2.05, 4.69) is 4.98 Å². The molecule has 0 spiro atoms. The molecule has 0 bridgehead atoms. The number of nitrogens with zero attached hydrogens (tertiary/aromatic N) is 2. The van der Waals surface area contributed by atoms with E-state index in [0.29, 0.717) is 13.1 Å². The van der Waals surface area contributed by atoms with Crippen molar-refractivity contribution < 1.29 is 9.21 Å². The van der Waals surface area contributed by atoms with Crippen molar-refractivity contribution in [1.82, 2.24) is 9.88 Å². The number of aromatic nitrogens is 1. The van der Waals surface area contributed by atoms with Gasteiger partial charge in [0.15, 0.2) is 11.0 Å². The zero-order chi connectivity index (χ0) is 13.0. The molecule has 0 unspecified atom stereocenters. The fourth-order valence-corrected chi connectivity index (χ4v) is 1.77. The standard InChI is InChI=1S/C13H13ClN2O2/c1-2-16(9-10-5-7-15-8-6-10)13(17)11-3-4-12(14)18-11/h3-8H,2,9H2,1H3. The quantitative estimate of drug-likeness (QED) is 0.853. The highest BCUT2D eigenvalue weighted by atomic mass is 35.5. The van der Waals surface area contributed by atoms with Crippen molar-refractivity contribution in [2.75, 3.05) is 6.54 Å². The number of amides is 1. The number of rotatable bonds is 4. The summed E-state index contributed by atoms with van der Waals surface area (Å²) in [5.41, 5.74) is 1.03. The molecular formula is C13H13ClN2O2. The van der Waals surface area contributed by atoms with E-state index in [-0.39, 0.29) is 16.9 Å². The van der Waals surface area contributed by atoms with Crippen LogP contribution < -0.4 is 0 Å². The lowest BCUT2D eigenvalue weighted by molar-refractivity contribution is 0.0720. The van der Waals surface area contributed by atoms with Gasteiger partial charge in [-0.3, -0.25) is 9.78 Å². The third kappa shape index (κ3) is 2.90. The second kappa shape index (κ2) is 5.69. The van der Waals surface area contributed by atoms with E-state index >= 15 is 0 Å². The first kappa shape index (κ1) is 12.6. The van der Waals surface area contributed by atoms with Crippen LogP contribution >= 0.6 is 11.6 Å². The Morgan fingerprint density at radius 1 is 1.33 bits per heavy atom. The first-order chi connectivity index (χ1) is 8.70. The van der Waals surface area contributed by atoms with Gasteiger partial charge >= 0.3 is 0 Å². The van der Waals surface area contributed by atoms with Gasteiger partial charge in [-0.25, -0.2) is 0 Å². The summed E-state index contributed by atoms with van der Waals surface area (Å²) >= 11 is 5.67. The highest BCUT2D eigenvalue weighted by Crippen LogP contribution is 2.16. The predicted molar refractivity (Wildman–Crippen MR) is 68.4 cm³/mol. The largest absolute Gasteiger partial charge is 0.440 e. The lowest BCUT2D eigenvalue weighted by Gasteiger charge is -2.19. The average Bonchev–Trinajstić information content (AvgIpc) is 2.83. The molecular weight excluding hydrogens is 252 g/mol. The van der Waals surface area contributed by atoms with Crippen LogP contribution in [0.1, 0.15) is 23.0 Å². The van der Waals surface area contributed by atoms with E-state index < -0.39 is 0 Å². The van der Waals surface area contributed by atoms with Crippen LogP contribution in [-0.2, 0) is 6.54 Å². The minimum atomic E-state index is -0.166. The Kier molecular flexibility index (Phi) is 3.99. The third-order valence-electron chi connectivity index (χ3n) is 2.58. The van der Waals surface area contributed by atoms with Crippen molar-refractivity contribution >= 4 is 17.5 Å². The smallest absolute Gasteiger partial charge is 0.289 e. The summed E-state index contributed by atoms with van der Waals surface area (Å²) < 4.78 is 5.13. The Hall–Kier alpha value is -1.81. The van der Waals surface area contributed by atoms with Crippen molar-refractivity contribution in [3.05, 3.63) is 53.2 Å². The van der Waals surface area contributed by atoms with E-state index in [1.54, 1.807) is 29.4 Å². The molecule has 2 heterocycles. The Morgan fingerprint density at radius 2 is 2.06 bits per heavy atom. The number of hydrogen-bond donors (Lipinski definition) is 0. The summed E-state index contributed by atoms with van der Waals surface area (Å²) in [4.78, 5) is 17.8. The van der Waals surface area contributed by atoms with Gasteiger partial charge in [-0.2, -0.15) is 0 Å². The van der Waals surface area contributed by atoms with Gasteiger partial charge < -0.3 is 9.32 Å². The summed E-state index contributed by atoms with van der Waals surface area (Å²) in [6.45, 7) is 3.04. The summed E-state index contributed by atoms with van der Waals surface area (Å²) in [5.74, 6) is 0.0946. The van der Waals surface area contributed by atoms with Crippen LogP contribution in [-0.4, -0.2) is 22.3 Å². The number of carbonyl (C=O) groups is 1. The maximum absolute atomic E-state index is 12.2. The van der Waals surface area contributed by atoms with Gasteiger partial charge in [0.05, 0.1) is 0 Å². The molecule has 0 aliphatic heterocycles. The van der Waals surface area contributed by atoms with Crippen molar-refractivity contribution in [3.8, 4) is 0 Å². The topological polar surface area (TPSA) is 46.3 Å². The van der Waals surface area contributed by atoms with Crippen LogP contribution in [0.5, 0.6) is 0 Å². The molecule has 5 heteroatoms. The molecule has 0 aliphatic rings. The number of halogens is 1. The Morgan fingerprint density at radius 3 is 2.61 bits per heavy atom. The zero-order valence-corrected chi connectivity index (χ0v) is 10.7. The number of pyridine rings is 1. The van der Waals surface area contributed by atoms with Crippen LogP contribution in [0, 0.1) is 0 Å². The summed E-state index contributed by atoms with van der Waals surface area (Å²) in [6.07, 6.45) is 3.41. The second-order valence-corrected chi connectivity index (χ2v) is 4.15. The molecule has 94 valence electrons. The highest BCUT2D eigenvalue weighted by Gasteiger charge is 2.17. The molecule has 4 nitrogen and oxygen atoms in total. The summed E-state index contributed by atoms with van der Waals surface area (Å²) in [6, 6.07) is 6.91. The molecule has 2 rings (SSSR count). The van der Waals surface area contributed by atoms with Gasteiger partial charge in [-0.1, -0.05) is 0 Å². The lowest BCUT2D eigenvalue weighted by Crippen LogP contribution is -2.29. The molecule has 1 amide bonds. The number of hydrogen-bond acceptors (Lipinski definition) is 3. The van der Waals surface area contributed by atoms with Crippen LogP contribution in [0.3, 0.4) is 0 Å². The lowest BCUT2D eigenvalue weighted by atomic mass is 10.2. The minimum absolute atomic E-state index is 0.166. The van der Waals surface area contributed by atoms with Crippen LogP contribution in [0.25, 0.3) is 0 Å². The molecule has 0 N–H and O–H groups in total. The average molecular weight is 265 g/mol.